The molecule has 0 radical (unpaired) electrons. The lowest BCUT2D eigenvalue weighted by molar-refractivity contribution is -0.170. The molecule has 25 heavy (non-hydrogen) atoms. The van der Waals surface area contributed by atoms with Gasteiger partial charge in [0.15, 0.2) is 0 Å². The molecular weight excluding hydrogens is 320 g/mol. The van der Waals surface area contributed by atoms with Crippen molar-refractivity contribution < 1.29 is 19.1 Å². The summed E-state index contributed by atoms with van der Waals surface area (Å²) in [5.41, 5.74) is 0. The highest BCUT2D eigenvalue weighted by Gasteiger charge is 2.55. The fourth-order valence-electron chi connectivity index (χ4n) is 5.00. The van der Waals surface area contributed by atoms with Gasteiger partial charge in [-0.2, -0.15) is 0 Å². The number of carbonyl (C=O) groups excluding carboxylic acids is 3. The number of piperazine rings is 1. The molecule has 3 fully saturated rings. The van der Waals surface area contributed by atoms with E-state index in [0.29, 0.717) is 12.3 Å². The van der Waals surface area contributed by atoms with Gasteiger partial charge in [0.25, 0.3) is 0 Å². The lowest BCUT2D eigenvalue weighted by Gasteiger charge is -2.45. The first-order valence-corrected chi connectivity index (χ1v) is 9.82. The molecule has 0 N–H and O–H groups in total. The van der Waals surface area contributed by atoms with Crippen molar-refractivity contribution in [2.45, 2.75) is 89.9 Å². The van der Waals surface area contributed by atoms with E-state index in [4.69, 9.17) is 4.74 Å². The van der Waals surface area contributed by atoms with Gasteiger partial charge in [-0.05, 0) is 45.4 Å². The molecule has 2 aliphatic heterocycles. The molecule has 2 unspecified atom stereocenters. The third kappa shape index (κ3) is 3.04. The molecule has 2 heterocycles. The second kappa shape index (κ2) is 7.34. The molecule has 140 valence electrons. The third-order valence-corrected chi connectivity index (χ3v) is 6.11. The first-order valence-electron chi connectivity index (χ1n) is 9.82. The van der Waals surface area contributed by atoms with Gasteiger partial charge >= 0.3 is 5.97 Å². The molecule has 3 aliphatic rings. The molecule has 2 amide bonds. The lowest BCUT2D eigenvalue weighted by atomic mass is 9.85. The Bertz CT molecular complexity index is 550. The molecule has 0 aromatic carbocycles. The zero-order valence-electron chi connectivity index (χ0n) is 15.6. The first kappa shape index (κ1) is 18.2. The average Bonchev–Trinajstić information content (AvgIpc) is 2.99. The molecule has 0 aromatic heterocycles. The van der Waals surface area contributed by atoms with E-state index < -0.39 is 12.1 Å². The summed E-state index contributed by atoms with van der Waals surface area (Å²) in [6, 6.07) is -1.41. The Morgan fingerprint density at radius 1 is 1.20 bits per heavy atom. The van der Waals surface area contributed by atoms with Gasteiger partial charge in [0.2, 0.25) is 11.8 Å². The molecule has 1 aliphatic carbocycles. The second-order valence-electron chi connectivity index (χ2n) is 7.59. The van der Waals surface area contributed by atoms with Crippen LogP contribution in [0.1, 0.15) is 65.7 Å². The Kier molecular flexibility index (Phi) is 5.35. The molecule has 2 saturated heterocycles. The Labute approximate surface area is 149 Å². The van der Waals surface area contributed by atoms with E-state index in [9.17, 15) is 14.4 Å². The van der Waals surface area contributed by atoms with E-state index in [1.54, 1.807) is 13.8 Å². The maximum atomic E-state index is 13.3. The fourth-order valence-corrected chi connectivity index (χ4v) is 5.00. The predicted octanol–water partition coefficient (Wildman–Crippen LogP) is 2.11. The summed E-state index contributed by atoms with van der Waals surface area (Å²) in [5, 5.41) is 0. The Hall–Kier alpha value is -1.59. The summed E-state index contributed by atoms with van der Waals surface area (Å²) in [7, 11) is 0. The zero-order valence-corrected chi connectivity index (χ0v) is 15.6. The summed E-state index contributed by atoms with van der Waals surface area (Å²) >= 11 is 0. The molecule has 6 nitrogen and oxygen atoms in total. The quantitative estimate of drug-likeness (QED) is 0.712. The van der Waals surface area contributed by atoms with Gasteiger partial charge < -0.3 is 14.5 Å². The van der Waals surface area contributed by atoms with Crippen molar-refractivity contribution in [3.8, 4) is 0 Å². The Morgan fingerprint density at radius 3 is 2.60 bits per heavy atom. The second-order valence-corrected chi connectivity index (χ2v) is 7.59. The molecule has 0 aromatic rings. The van der Waals surface area contributed by atoms with Crippen LogP contribution in [-0.4, -0.2) is 58.4 Å². The largest absolute Gasteiger partial charge is 0.464 e. The number of ether oxygens (including phenoxy) is 1. The van der Waals surface area contributed by atoms with E-state index in [1.807, 2.05) is 11.8 Å². The van der Waals surface area contributed by atoms with Crippen LogP contribution in [0.15, 0.2) is 0 Å². The molecule has 1 saturated carbocycles. The van der Waals surface area contributed by atoms with Crippen molar-refractivity contribution in [3.05, 3.63) is 0 Å². The van der Waals surface area contributed by atoms with Gasteiger partial charge in [0, 0.05) is 6.04 Å². The van der Waals surface area contributed by atoms with Gasteiger partial charge in [-0.15, -0.1) is 0 Å². The summed E-state index contributed by atoms with van der Waals surface area (Å²) in [5.74, 6) is -0.00960. The lowest BCUT2D eigenvalue weighted by Crippen LogP contribution is -2.67. The molecule has 3 rings (SSSR count). The minimum Gasteiger partial charge on any atom is -0.464 e. The maximum Gasteiger partial charge on any atom is 0.328 e. The van der Waals surface area contributed by atoms with E-state index >= 15 is 0 Å². The van der Waals surface area contributed by atoms with Crippen LogP contribution in [0.5, 0.6) is 0 Å². The van der Waals surface area contributed by atoms with E-state index in [0.717, 1.165) is 32.1 Å². The highest BCUT2D eigenvalue weighted by molar-refractivity contribution is 5.99. The third-order valence-electron chi connectivity index (χ3n) is 6.11. The van der Waals surface area contributed by atoms with Crippen LogP contribution in [0.3, 0.4) is 0 Å². The zero-order chi connectivity index (χ0) is 18.1. The number of carbonyl (C=O) groups is 3. The summed E-state index contributed by atoms with van der Waals surface area (Å²) < 4.78 is 5.19. The van der Waals surface area contributed by atoms with Gasteiger partial charge in [0.1, 0.15) is 18.1 Å². The normalized spacial score (nSPS) is 33.1. The number of nitrogens with zero attached hydrogens (tertiary/aromatic N) is 2. The number of amides is 2. The summed E-state index contributed by atoms with van der Waals surface area (Å²) in [4.78, 5) is 42.2. The fraction of sp³-hybridized carbons (Fsp3) is 0.842. The van der Waals surface area contributed by atoms with Crippen molar-refractivity contribution in [2.75, 3.05) is 6.61 Å². The van der Waals surface area contributed by atoms with Crippen LogP contribution >= 0.6 is 0 Å². The van der Waals surface area contributed by atoms with Crippen molar-refractivity contribution in [3.63, 3.8) is 0 Å². The van der Waals surface area contributed by atoms with Gasteiger partial charge in [0.05, 0.1) is 6.61 Å². The van der Waals surface area contributed by atoms with E-state index in [2.05, 4.69) is 0 Å². The highest BCUT2D eigenvalue weighted by Crippen LogP contribution is 2.43. The smallest absolute Gasteiger partial charge is 0.328 e. The predicted molar refractivity (Wildman–Crippen MR) is 92.6 cm³/mol. The first-order chi connectivity index (χ1) is 12.0. The summed E-state index contributed by atoms with van der Waals surface area (Å²) in [6.45, 7) is 5.78. The molecular formula is C19H30N2O4. The summed E-state index contributed by atoms with van der Waals surface area (Å²) in [6.07, 6.45) is 6.46. The monoisotopic (exact) mass is 350 g/mol. The Balaban J connectivity index is 1.88. The van der Waals surface area contributed by atoms with E-state index in [-0.39, 0.29) is 36.5 Å². The van der Waals surface area contributed by atoms with Crippen molar-refractivity contribution >= 4 is 17.8 Å². The molecule has 5 atom stereocenters. The van der Waals surface area contributed by atoms with Crippen molar-refractivity contribution in [1.82, 2.24) is 9.80 Å². The molecule has 0 spiro atoms. The molecule has 6 heteroatoms. The van der Waals surface area contributed by atoms with Crippen LogP contribution in [0.2, 0.25) is 0 Å². The van der Waals surface area contributed by atoms with Crippen molar-refractivity contribution in [1.29, 1.82) is 0 Å². The van der Waals surface area contributed by atoms with Crippen LogP contribution < -0.4 is 0 Å². The number of hydrogen-bond acceptors (Lipinski definition) is 4. The van der Waals surface area contributed by atoms with Gasteiger partial charge in [-0.1, -0.05) is 26.2 Å². The van der Waals surface area contributed by atoms with Crippen molar-refractivity contribution in [2.24, 2.45) is 5.92 Å². The number of hydrogen-bond donors (Lipinski definition) is 0. The van der Waals surface area contributed by atoms with Crippen LogP contribution in [0.25, 0.3) is 0 Å². The van der Waals surface area contributed by atoms with Crippen LogP contribution in [0.4, 0.5) is 0 Å². The highest BCUT2D eigenvalue weighted by atomic mass is 16.5. The Morgan fingerprint density at radius 2 is 1.92 bits per heavy atom. The maximum absolute atomic E-state index is 13.3. The molecule has 0 bridgehead atoms. The topological polar surface area (TPSA) is 66.9 Å². The van der Waals surface area contributed by atoms with E-state index in [1.165, 1.54) is 11.3 Å². The average molecular weight is 350 g/mol. The number of esters is 1. The minimum absolute atomic E-state index is 0.00408. The minimum atomic E-state index is -0.652. The standard InChI is InChI=1S/C19H30N2O4/c1-4-8-15(19(24)25-5-2)20-12(3)17(22)21-14-10-7-6-9-13(14)11-16(21)18(20)23/h12-16H,4-11H2,1-3H3/t12-,13-,14-,15?,16?/m0/s1. The van der Waals surface area contributed by atoms with Crippen LogP contribution in [0, 0.1) is 5.92 Å². The number of rotatable bonds is 5. The van der Waals surface area contributed by atoms with Crippen LogP contribution in [-0.2, 0) is 19.1 Å². The number of fused-ring (bicyclic) bond motifs is 3. The SMILES string of the molecule is CCCC(C(=O)OCC)N1C(=O)C2C[C@@H]3CCCC[C@@H]3N2C(=O)[C@@H]1C. The van der Waals surface area contributed by atoms with Gasteiger partial charge in [-0.3, -0.25) is 9.59 Å². The van der Waals surface area contributed by atoms with Gasteiger partial charge in [-0.25, -0.2) is 4.79 Å².